The average Bonchev–Trinajstić information content (AvgIpc) is 2.81. The zero-order valence-electron chi connectivity index (χ0n) is 11.9. The van der Waals surface area contributed by atoms with Crippen LogP contribution in [0.25, 0.3) is 0 Å². The molecule has 1 aliphatic heterocycles. The minimum absolute atomic E-state index is 0.0495. The molecule has 2 aromatic rings. The van der Waals surface area contributed by atoms with Crippen molar-refractivity contribution >= 4 is 11.5 Å². The highest BCUT2D eigenvalue weighted by molar-refractivity contribution is 5.94. The number of anilines is 1. The Bertz CT molecular complexity index is 654. The number of carbonyl (C=O) groups excluding carboxylic acids is 1. The summed E-state index contributed by atoms with van der Waals surface area (Å²) in [6.07, 6.45) is 2.48. The highest BCUT2D eigenvalue weighted by atomic mass is 19.1. The third-order valence-corrected chi connectivity index (χ3v) is 3.94. The van der Waals surface area contributed by atoms with Gasteiger partial charge < -0.3 is 4.90 Å². The number of hydrogen-bond acceptors (Lipinski definition) is 3. The highest BCUT2D eigenvalue weighted by Gasteiger charge is 2.25. The number of hydrogen-bond donors (Lipinski definition) is 0. The fraction of sp³-hybridized carbons (Fsp3) is 0.294. The van der Waals surface area contributed by atoms with E-state index in [1.54, 1.807) is 0 Å². The van der Waals surface area contributed by atoms with Gasteiger partial charge in [0.15, 0.2) is 5.78 Å². The van der Waals surface area contributed by atoms with E-state index in [4.69, 9.17) is 0 Å². The molecule has 4 heteroatoms. The number of carbonyl (C=O) groups is 1. The minimum atomic E-state index is -0.423. The van der Waals surface area contributed by atoms with E-state index in [1.165, 1.54) is 23.4 Å². The van der Waals surface area contributed by atoms with Crippen molar-refractivity contribution < 1.29 is 9.18 Å². The number of rotatable bonds is 4. The van der Waals surface area contributed by atoms with Crippen LogP contribution in [0.15, 0.2) is 42.6 Å². The first-order chi connectivity index (χ1) is 10.1. The van der Waals surface area contributed by atoms with Gasteiger partial charge >= 0.3 is 0 Å². The fourth-order valence-electron chi connectivity index (χ4n) is 2.86. The summed E-state index contributed by atoms with van der Waals surface area (Å²) in [7, 11) is 0. The molecule has 1 aromatic carbocycles. The van der Waals surface area contributed by atoms with E-state index < -0.39 is 5.82 Å². The number of nitrogens with zero attached hydrogens (tertiary/aromatic N) is 2. The number of halogens is 1. The van der Waals surface area contributed by atoms with Crippen LogP contribution in [0.1, 0.15) is 29.4 Å². The molecular formula is C17H17FN2O. The topological polar surface area (TPSA) is 33.2 Å². The Hall–Kier alpha value is -2.23. The lowest BCUT2D eigenvalue weighted by molar-refractivity contribution is 0.0979. The van der Waals surface area contributed by atoms with Gasteiger partial charge in [0.1, 0.15) is 11.5 Å². The second kappa shape index (κ2) is 5.64. The molecule has 1 atom stereocenters. The number of pyridine rings is 1. The van der Waals surface area contributed by atoms with Crippen LogP contribution < -0.4 is 4.90 Å². The molecule has 0 amide bonds. The molecule has 3 nitrogen and oxygen atoms in total. The predicted molar refractivity (Wildman–Crippen MR) is 80.1 cm³/mol. The van der Waals surface area contributed by atoms with E-state index in [2.05, 4.69) is 28.9 Å². The Balaban J connectivity index is 1.68. The minimum Gasteiger partial charge on any atom is -0.368 e. The summed E-state index contributed by atoms with van der Waals surface area (Å²) in [6, 6.07) is 11.4. The van der Waals surface area contributed by atoms with Crippen molar-refractivity contribution in [1.82, 2.24) is 4.98 Å². The number of Topliss-reactive ketones (excluding diaryl/α,β-unsaturated/α-hetero) is 1. The van der Waals surface area contributed by atoms with Crippen molar-refractivity contribution in [2.45, 2.75) is 25.8 Å². The first-order valence-electron chi connectivity index (χ1n) is 7.14. The summed E-state index contributed by atoms with van der Waals surface area (Å²) in [5.74, 6) is -0.472. The zero-order valence-corrected chi connectivity index (χ0v) is 11.9. The molecule has 0 aliphatic carbocycles. The van der Waals surface area contributed by atoms with Gasteiger partial charge in [-0.25, -0.2) is 4.39 Å². The summed E-state index contributed by atoms with van der Waals surface area (Å²) in [5, 5.41) is 0. The molecule has 1 aliphatic rings. The summed E-state index contributed by atoms with van der Waals surface area (Å²) in [5.41, 5.74) is 2.87. The van der Waals surface area contributed by atoms with Crippen molar-refractivity contribution in [2.24, 2.45) is 0 Å². The molecule has 0 spiro atoms. The van der Waals surface area contributed by atoms with E-state index in [0.29, 0.717) is 24.7 Å². The molecule has 21 heavy (non-hydrogen) atoms. The van der Waals surface area contributed by atoms with Crippen LogP contribution in [0.4, 0.5) is 10.1 Å². The Kier molecular flexibility index (Phi) is 3.69. The monoisotopic (exact) mass is 284 g/mol. The number of benzene rings is 1. The van der Waals surface area contributed by atoms with E-state index in [1.807, 2.05) is 12.1 Å². The van der Waals surface area contributed by atoms with Gasteiger partial charge in [0.2, 0.25) is 0 Å². The maximum atomic E-state index is 12.8. The molecule has 1 unspecified atom stereocenters. The first kappa shape index (κ1) is 13.7. The fourth-order valence-corrected chi connectivity index (χ4v) is 2.86. The molecule has 0 saturated carbocycles. The maximum Gasteiger partial charge on any atom is 0.182 e. The lowest BCUT2D eigenvalue weighted by Crippen LogP contribution is -2.31. The van der Waals surface area contributed by atoms with Crippen LogP contribution in [0.3, 0.4) is 0 Å². The van der Waals surface area contributed by atoms with E-state index in [0.717, 1.165) is 12.6 Å². The van der Waals surface area contributed by atoms with Crippen LogP contribution >= 0.6 is 0 Å². The predicted octanol–water partition coefficient (Wildman–Crippen LogP) is 3.24. The molecular weight excluding hydrogens is 267 g/mol. The van der Waals surface area contributed by atoms with Crippen LogP contribution in [0.2, 0.25) is 0 Å². The molecule has 1 aromatic heterocycles. The largest absolute Gasteiger partial charge is 0.368 e. The van der Waals surface area contributed by atoms with Gasteiger partial charge in [-0.1, -0.05) is 18.2 Å². The second-order valence-corrected chi connectivity index (χ2v) is 5.41. The molecule has 3 rings (SSSR count). The summed E-state index contributed by atoms with van der Waals surface area (Å²) in [4.78, 5) is 18.2. The Labute approximate surface area is 123 Å². The van der Waals surface area contributed by atoms with E-state index in [9.17, 15) is 9.18 Å². The van der Waals surface area contributed by atoms with Crippen molar-refractivity contribution in [3.05, 3.63) is 59.7 Å². The van der Waals surface area contributed by atoms with Crippen LogP contribution in [0, 0.1) is 5.82 Å². The molecule has 0 saturated heterocycles. The third kappa shape index (κ3) is 2.79. The van der Waals surface area contributed by atoms with Gasteiger partial charge in [0.05, 0.1) is 6.20 Å². The SMILES string of the molecule is CC1Cc2ccccc2N1CCC(=O)c1ccc(F)cn1. The highest BCUT2D eigenvalue weighted by Crippen LogP contribution is 2.31. The lowest BCUT2D eigenvalue weighted by Gasteiger charge is -2.24. The Morgan fingerprint density at radius 3 is 2.90 bits per heavy atom. The third-order valence-electron chi connectivity index (χ3n) is 3.94. The van der Waals surface area contributed by atoms with Crippen molar-refractivity contribution in [1.29, 1.82) is 0 Å². The van der Waals surface area contributed by atoms with Crippen molar-refractivity contribution in [3.8, 4) is 0 Å². The molecule has 2 heterocycles. The summed E-state index contributed by atoms with van der Waals surface area (Å²) in [6.45, 7) is 2.83. The maximum absolute atomic E-state index is 12.8. The van der Waals surface area contributed by atoms with E-state index in [-0.39, 0.29) is 5.78 Å². The van der Waals surface area contributed by atoms with Crippen LogP contribution in [0.5, 0.6) is 0 Å². The second-order valence-electron chi connectivity index (χ2n) is 5.41. The first-order valence-corrected chi connectivity index (χ1v) is 7.14. The standard InChI is InChI=1S/C17H17FN2O/c1-12-10-13-4-2-3-5-16(13)20(12)9-8-17(21)15-7-6-14(18)11-19-15/h2-7,11-12H,8-10H2,1H3. The number of ketones is 1. The van der Waals surface area contributed by atoms with Gasteiger partial charge in [-0.15, -0.1) is 0 Å². The van der Waals surface area contributed by atoms with Crippen molar-refractivity contribution in [2.75, 3.05) is 11.4 Å². The van der Waals surface area contributed by atoms with Crippen molar-refractivity contribution in [3.63, 3.8) is 0 Å². The summed E-state index contributed by atoms with van der Waals surface area (Å²) >= 11 is 0. The quantitative estimate of drug-likeness (QED) is 0.808. The molecule has 0 N–H and O–H groups in total. The summed E-state index contributed by atoms with van der Waals surface area (Å²) < 4.78 is 12.8. The smallest absolute Gasteiger partial charge is 0.182 e. The number of aromatic nitrogens is 1. The van der Waals surface area contributed by atoms with Crippen LogP contribution in [-0.4, -0.2) is 23.4 Å². The normalized spacial score (nSPS) is 16.9. The zero-order chi connectivity index (χ0) is 14.8. The Morgan fingerprint density at radius 2 is 2.14 bits per heavy atom. The van der Waals surface area contributed by atoms with Gasteiger partial charge in [-0.05, 0) is 37.1 Å². The molecule has 0 bridgehead atoms. The molecule has 0 fully saturated rings. The van der Waals surface area contributed by atoms with E-state index >= 15 is 0 Å². The van der Waals surface area contributed by atoms with Crippen LogP contribution in [-0.2, 0) is 6.42 Å². The molecule has 108 valence electrons. The van der Waals surface area contributed by atoms with Gasteiger partial charge in [0, 0.05) is 24.7 Å². The lowest BCUT2D eigenvalue weighted by atomic mass is 10.1. The average molecular weight is 284 g/mol. The van der Waals surface area contributed by atoms with Gasteiger partial charge in [-0.3, -0.25) is 9.78 Å². The molecule has 0 radical (unpaired) electrons. The number of fused-ring (bicyclic) bond motifs is 1. The van der Waals surface area contributed by atoms with Gasteiger partial charge in [0.25, 0.3) is 0 Å². The number of para-hydroxylation sites is 1. The Morgan fingerprint density at radius 1 is 1.33 bits per heavy atom. The van der Waals surface area contributed by atoms with Gasteiger partial charge in [-0.2, -0.15) is 0 Å².